The first kappa shape index (κ1) is 15.5. The Bertz CT molecular complexity index is 686. The summed E-state index contributed by atoms with van der Waals surface area (Å²) in [6.07, 6.45) is 0. The summed E-state index contributed by atoms with van der Waals surface area (Å²) in [5.74, 6) is 0. The first-order chi connectivity index (χ1) is 9.94. The van der Waals surface area contributed by atoms with E-state index in [9.17, 15) is 8.42 Å². The van der Waals surface area contributed by atoms with Gasteiger partial charge in [-0.3, -0.25) is 9.82 Å². The number of sulfonamides is 1. The van der Waals surface area contributed by atoms with Crippen LogP contribution in [0.15, 0.2) is 29.2 Å². The number of anilines is 1. The summed E-state index contributed by atoms with van der Waals surface area (Å²) < 4.78 is 27.3. The Labute approximate surface area is 125 Å². The Morgan fingerprint density at radius 2 is 1.86 bits per heavy atom. The second-order valence-electron chi connectivity index (χ2n) is 4.84. The maximum absolute atomic E-state index is 12.4. The number of aryl methyl sites for hydroxylation is 2. The van der Waals surface area contributed by atoms with Gasteiger partial charge in [0.2, 0.25) is 0 Å². The van der Waals surface area contributed by atoms with Crippen LogP contribution >= 0.6 is 0 Å². The van der Waals surface area contributed by atoms with Crippen molar-refractivity contribution >= 4 is 15.7 Å². The van der Waals surface area contributed by atoms with Gasteiger partial charge in [0.1, 0.15) is 0 Å². The van der Waals surface area contributed by atoms with E-state index in [4.69, 9.17) is 0 Å². The van der Waals surface area contributed by atoms with Crippen LogP contribution in [0.1, 0.15) is 23.9 Å². The molecule has 0 fully saturated rings. The van der Waals surface area contributed by atoms with Crippen LogP contribution in [0.25, 0.3) is 0 Å². The topological polar surface area (TPSA) is 86.9 Å². The number of aromatic amines is 1. The highest BCUT2D eigenvalue weighted by molar-refractivity contribution is 7.92. The fourth-order valence-electron chi connectivity index (χ4n) is 1.95. The van der Waals surface area contributed by atoms with E-state index in [1.165, 1.54) is 0 Å². The van der Waals surface area contributed by atoms with E-state index in [0.717, 1.165) is 18.7 Å². The van der Waals surface area contributed by atoms with Gasteiger partial charge in [0, 0.05) is 6.54 Å². The molecule has 114 valence electrons. The Morgan fingerprint density at radius 3 is 2.38 bits per heavy atom. The largest absolute Gasteiger partial charge is 0.313 e. The first-order valence-corrected chi connectivity index (χ1v) is 8.26. The van der Waals surface area contributed by atoms with Crippen molar-refractivity contribution in [2.24, 2.45) is 0 Å². The van der Waals surface area contributed by atoms with Gasteiger partial charge in [-0.15, -0.1) is 0 Å². The Balaban J connectivity index is 2.20. The van der Waals surface area contributed by atoms with Crippen LogP contribution in [-0.4, -0.2) is 25.2 Å². The predicted molar refractivity (Wildman–Crippen MR) is 82.7 cm³/mol. The van der Waals surface area contributed by atoms with Gasteiger partial charge >= 0.3 is 0 Å². The molecule has 0 unspecified atom stereocenters. The van der Waals surface area contributed by atoms with E-state index in [0.29, 0.717) is 17.1 Å². The van der Waals surface area contributed by atoms with Crippen LogP contribution in [0.2, 0.25) is 0 Å². The fraction of sp³-hybridized carbons (Fsp3) is 0.357. The van der Waals surface area contributed by atoms with Crippen LogP contribution < -0.4 is 10.0 Å². The number of nitrogens with one attached hydrogen (secondary N) is 3. The van der Waals surface area contributed by atoms with Crippen molar-refractivity contribution in [3.63, 3.8) is 0 Å². The lowest BCUT2D eigenvalue weighted by Crippen LogP contribution is -2.15. The van der Waals surface area contributed by atoms with Gasteiger partial charge in [0.05, 0.1) is 22.0 Å². The molecule has 7 heteroatoms. The minimum atomic E-state index is -3.60. The van der Waals surface area contributed by atoms with Crippen molar-refractivity contribution in [3.8, 4) is 0 Å². The average Bonchev–Trinajstić information content (AvgIpc) is 2.77. The summed E-state index contributed by atoms with van der Waals surface area (Å²) >= 11 is 0. The zero-order chi connectivity index (χ0) is 15.5. The Kier molecular flexibility index (Phi) is 4.64. The van der Waals surface area contributed by atoms with E-state index in [-0.39, 0.29) is 4.90 Å². The molecular weight excluding hydrogens is 288 g/mol. The molecule has 0 saturated heterocycles. The molecule has 0 aliphatic rings. The maximum Gasteiger partial charge on any atom is 0.262 e. The minimum absolute atomic E-state index is 0.239. The van der Waals surface area contributed by atoms with Gasteiger partial charge in [0.15, 0.2) is 0 Å². The molecular formula is C14H20N4O2S. The second-order valence-corrected chi connectivity index (χ2v) is 6.52. The van der Waals surface area contributed by atoms with Crippen LogP contribution in [-0.2, 0) is 16.6 Å². The molecule has 0 atom stereocenters. The predicted octanol–water partition coefficient (Wildman–Crippen LogP) is 1.94. The Morgan fingerprint density at radius 1 is 1.19 bits per heavy atom. The van der Waals surface area contributed by atoms with Crippen LogP contribution in [0.5, 0.6) is 0 Å². The number of nitrogens with zero attached hydrogens (tertiary/aromatic N) is 1. The molecule has 1 aromatic carbocycles. The van der Waals surface area contributed by atoms with Crippen molar-refractivity contribution in [2.45, 2.75) is 32.2 Å². The number of rotatable bonds is 6. The summed E-state index contributed by atoms with van der Waals surface area (Å²) in [5.41, 5.74) is 2.87. The number of hydrogen-bond acceptors (Lipinski definition) is 4. The molecule has 1 aromatic heterocycles. The normalized spacial score (nSPS) is 11.6. The van der Waals surface area contributed by atoms with Gasteiger partial charge in [-0.25, -0.2) is 8.42 Å². The zero-order valence-corrected chi connectivity index (χ0v) is 13.2. The molecule has 0 aliphatic carbocycles. The van der Waals surface area contributed by atoms with E-state index in [1.54, 1.807) is 26.0 Å². The summed E-state index contributed by atoms with van der Waals surface area (Å²) in [6, 6.07) is 6.85. The van der Waals surface area contributed by atoms with E-state index >= 15 is 0 Å². The third-order valence-corrected chi connectivity index (χ3v) is 4.54. The smallest absolute Gasteiger partial charge is 0.262 e. The van der Waals surface area contributed by atoms with Gasteiger partial charge in [-0.1, -0.05) is 19.1 Å². The van der Waals surface area contributed by atoms with Crippen molar-refractivity contribution in [2.75, 3.05) is 11.3 Å². The monoisotopic (exact) mass is 308 g/mol. The lowest BCUT2D eigenvalue weighted by molar-refractivity contribution is 0.601. The maximum atomic E-state index is 12.4. The lowest BCUT2D eigenvalue weighted by atomic mass is 10.2. The number of aromatic nitrogens is 2. The highest BCUT2D eigenvalue weighted by Gasteiger charge is 2.17. The van der Waals surface area contributed by atoms with Crippen molar-refractivity contribution in [1.82, 2.24) is 15.5 Å². The molecule has 0 saturated carbocycles. The van der Waals surface area contributed by atoms with E-state index in [1.807, 2.05) is 19.1 Å². The van der Waals surface area contributed by atoms with Crippen LogP contribution in [0.4, 0.5) is 5.69 Å². The lowest BCUT2D eigenvalue weighted by Gasteiger charge is -2.09. The average molecular weight is 308 g/mol. The quantitative estimate of drug-likeness (QED) is 0.761. The summed E-state index contributed by atoms with van der Waals surface area (Å²) in [7, 11) is -3.60. The SMILES string of the molecule is CCNCc1ccc(S(=O)(=O)Nc2c(C)n[nH]c2C)cc1. The molecule has 0 aliphatic heterocycles. The minimum Gasteiger partial charge on any atom is -0.313 e. The van der Waals surface area contributed by atoms with E-state index in [2.05, 4.69) is 20.2 Å². The second kappa shape index (κ2) is 6.28. The molecule has 2 rings (SSSR count). The zero-order valence-electron chi connectivity index (χ0n) is 12.4. The summed E-state index contributed by atoms with van der Waals surface area (Å²) in [5, 5.41) is 9.94. The van der Waals surface area contributed by atoms with Crippen LogP contribution in [0.3, 0.4) is 0 Å². The van der Waals surface area contributed by atoms with Gasteiger partial charge < -0.3 is 5.32 Å². The first-order valence-electron chi connectivity index (χ1n) is 6.78. The Hall–Kier alpha value is -1.86. The number of benzene rings is 1. The molecule has 2 aromatic rings. The van der Waals surface area contributed by atoms with Gasteiger partial charge in [-0.2, -0.15) is 5.10 Å². The summed E-state index contributed by atoms with van der Waals surface area (Å²) in [4.78, 5) is 0.239. The van der Waals surface area contributed by atoms with Crippen LogP contribution in [0, 0.1) is 13.8 Å². The molecule has 21 heavy (non-hydrogen) atoms. The van der Waals surface area contributed by atoms with Crippen molar-refractivity contribution in [1.29, 1.82) is 0 Å². The third-order valence-electron chi connectivity index (χ3n) is 3.18. The summed E-state index contributed by atoms with van der Waals surface area (Å²) in [6.45, 7) is 7.15. The molecule has 0 spiro atoms. The molecule has 3 N–H and O–H groups in total. The van der Waals surface area contributed by atoms with Crippen molar-refractivity contribution < 1.29 is 8.42 Å². The molecule has 0 radical (unpaired) electrons. The third kappa shape index (κ3) is 3.62. The molecule has 1 heterocycles. The van der Waals surface area contributed by atoms with E-state index < -0.39 is 10.0 Å². The van der Waals surface area contributed by atoms with Gasteiger partial charge in [-0.05, 0) is 38.1 Å². The highest BCUT2D eigenvalue weighted by Crippen LogP contribution is 2.21. The molecule has 0 amide bonds. The fourth-order valence-corrected chi connectivity index (χ4v) is 3.13. The highest BCUT2D eigenvalue weighted by atomic mass is 32.2. The molecule has 6 nitrogen and oxygen atoms in total. The number of H-pyrrole nitrogens is 1. The van der Waals surface area contributed by atoms with Crippen molar-refractivity contribution in [3.05, 3.63) is 41.2 Å². The van der Waals surface area contributed by atoms with Gasteiger partial charge in [0.25, 0.3) is 10.0 Å². The molecule has 0 bridgehead atoms. The standard InChI is InChI=1S/C14H20N4O2S/c1-4-15-9-12-5-7-13(8-6-12)21(19,20)18-14-10(2)16-17-11(14)3/h5-8,15,18H,4,9H2,1-3H3,(H,16,17). The number of hydrogen-bond donors (Lipinski definition) is 3.